The smallest absolute Gasteiger partial charge is 0.296 e. The van der Waals surface area contributed by atoms with Gasteiger partial charge in [-0.1, -0.05) is 48.9 Å². The standard InChI is InChI=1S/C33H31NO6/c1-3-17-38-26-13-9-24(10-14-26)30-29(32(36)33(37)34(30)20-28-8-5-18-39-28)31(35)25-11-15-27(16-12-25)40-21-23-7-4-6-22(2)19-23/h4-16,18-19,30,35H,3,17,20-21H2,1-2H3/b31-29+. The fourth-order valence-corrected chi connectivity index (χ4v) is 4.76. The minimum Gasteiger partial charge on any atom is -0.507 e. The number of hydrogen-bond acceptors (Lipinski definition) is 6. The fourth-order valence-electron chi connectivity index (χ4n) is 4.76. The average Bonchev–Trinajstić information content (AvgIpc) is 3.58. The molecule has 3 aromatic carbocycles. The van der Waals surface area contributed by atoms with Gasteiger partial charge in [-0.25, -0.2) is 0 Å². The number of Topliss-reactive ketones (excluding diaryl/α,β-unsaturated/α-hetero) is 1. The molecule has 1 unspecified atom stereocenters. The Bertz CT molecular complexity index is 1500. The summed E-state index contributed by atoms with van der Waals surface area (Å²) in [5.74, 6) is 0.143. The van der Waals surface area contributed by atoms with Crippen molar-refractivity contribution >= 4 is 17.4 Å². The number of carbonyl (C=O) groups is 2. The van der Waals surface area contributed by atoms with Gasteiger partial charge in [0.15, 0.2) is 0 Å². The molecule has 0 saturated carbocycles. The summed E-state index contributed by atoms with van der Waals surface area (Å²) < 4.78 is 17.1. The fraction of sp³-hybridized carbons (Fsp3) is 0.212. The van der Waals surface area contributed by atoms with Gasteiger partial charge in [0.05, 0.1) is 31.0 Å². The molecule has 1 atom stereocenters. The molecule has 0 radical (unpaired) electrons. The molecular weight excluding hydrogens is 506 g/mol. The first-order chi connectivity index (χ1) is 19.4. The van der Waals surface area contributed by atoms with Crippen molar-refractivity contribution in [2.45, 2.75) is 39.5 Å². The number of nitrogens with zero attached hydrogens (tertiary/aromatic N) is 1. The van der Waals surface area contributed by atoms with E-state index in [9.17, 15) is 14.7 Å². The van der Waals surface area contributed by atoms with Crippen molar-refractivity contribution in [1.82, 2.24) is 4.90 Å². The quantitative estimate of drug-likeness (QED) is 0.140. The van der Waals surface area contributed by atoms with Gasteiger partial charge in [0.25, 0.3) is 11.7 Å². The summed E-state index contributed by atoms with van der Waals surface area (Å²) in [4.78, 5) is 28.0. The molecule has 1 aliphatic rings. The number of benzene rings is 3. The van der Waals surface area contributed by atoms with Crippen LogP contribution in [0.1, 0.15) is 47.4 Å². The maximum atomic E-state index is 13.3. The summed E-state index contributed by atoms with van der Waals surface area (Å²) in [5, 5.41) is 11.4. The molecule has 1 aliphatic heterocycles. The number of rotatable bonds is 10. The molecule has 0 bridgehead atoms. The lowest BCUT2D eigenvalue weighted by molar-refractivity contribution is -0.140. The molecule has 7 nitrogen and oxygen atoms in total. The van der Waals surface area contributed by atoms with Crippen LogP contribution in [-0.4, -0.2) is 28.3 Å². The highest BCUT2D eigenvalue weighted by molar-refractivity contribution is 6.46. The summed E-state index contributed by atoms with van der Waals surface area (Å²) in [6.45, 7) is 5.13. The van der Waals surface area contributed by atoms with Gasteiger partial charge in [-0.15, -0.1) is 0 Å². The van der Waals surface area contributed by atoms with Crippen LogP contribution in [-0.2, 0) is 22.7 Å². The Morgan fingerprint density at radius 1 is 0.925 bits per heavy atom. The molecule has 1 saturated heterocycles. The second-order valence-electron chi connectivity index (χ2n) is 9.73. The van der Waals surface area contributed by atoms with E-state index in [0.29, 0.717) is 41.6 Å². The number of likely N-dealkylation sites (tertiary alicyclic amines) is 1. The molecule has 1 amide bonds. The third-order valence-corrected chi connectivity index (χ3v) is 6.73. The highest BCUT2D eigenvalue weighted by Crippen LogP contribution is 2.41. The van der Waals surface area contributed by atoms with Crippen LogP contribution in [0.15, 0.2) is 101 Å². The van der Waals surface area contributed by atoms with Crippen LogP contribution in [0.25, 0.3) is 5.76 Å². The molecule has 40 heavy (non-hydrogen) atoms. The van der Waals surface area contributed by atoms with Gasteiger partial charge in [-0.05, 0) is 73.0 Å². The number of aliphatic hydroxyl groups excluding tert-OH is 1. The summed E-state index contributed by atoms with van der Waals surface area (Å²) in [5.41, 5.74) is 3.31. The van der Waals surface area contributed by atoms with E-state index in [0.717, 1.165) is 17.5 Å². The van der Waals surface area contributed by atoms with Crippen molar-refractivity contribution in [3.8, 4) is 11.5 Å². The van der Waals surface area contributed by atoms with E-state index in [2.05, 4.69) is 6.07 Å². The zero-order valence-corrected chi connectivity index (χ0v) is 22.5. The summed E-state index contributed by atoms with van der Waals surface area (Å²) in [7, 11) is 0. The van der Waals surface area contributed by atoms with Crippen LogP contribution in [0.2, 0.25) is 0 Å². The third-order valence-electron chi connectivity index (χ3n) is 6.73. The lowest BCUT2D eigenvalue weighted by Crippen LogP contribution is -2.29. The van der Waals surface area contributed by atoms with Crippen LogP contribution in [0.5, 0.6) is 11.5 Å². The Morgan fingerprint density at radius 2 is 1.65 bits per heavy atom. The summed E-state index contributed by atoms with van der Waals surface area (Å²) in [6, 6.07) is 24.8. The van der Waals surface area contributed by atoms with Crippen molar-refractivity contribution in [2.75, 3.05) is 6.61 Å². The first-order valence-corrected chi connectivity index (χ1v) is 13.3. The van der Waals surface area contributed by atoms with E-state index in [1.165, 1.54) is 11.2 Å². The van der Waals surface area contributed by atoms with E-state index < -0.39 is 17.7 Å². The van der Waals surface area contributed by atoms with Crippen LogP contribution < -0.4 is 9.47 Å². The molecule has 1 aromatic heterocycles. The van der Waals surface area contributed by atoms with E-state index >= 15 is 0 Å². The number of furan rings is 1. The molecule has 7 heteroatoms. The minimum atomic E-state index is -0.803. The predicted octanol–water partition coefficient (Wildman–Crippen LogP) is 6.58. The van der Waals surface area contributed by atoms with Gasteiger partial charge < -0.3 is 23.9 Å². The predicted molar refractivity (Wildman–Crippen MR) is 151 cm³/mol. The van der Waals surface area contributed by atoms with Crippen LogP contribution in [0.4, 0.5) is 0 Å². The first-order valence-electron chi connectivity index (χ1n) is 13.3. The number of ketones is 1. The van der Waals surface area contributed by atoms with Crippen molar-refractivity contribution in [1.29, 1.82) is 0 Å². The van der Waals surface area contributed by atoms with Crippen molar-refractivity contribution < 1.29 is 28.6 Å². The minimum absolute atomic E-state index is 0.0206. The molecule has 204 valence electrons. The van der Waals surface area contributed by atoms with Crippen LogP contribution >= 0.6 is 0 Å². The lowest BCUT2D eigenvalue weighted by atomic mass is 9.95. The van der Waals surface area contributed by atoms with Gasteiger partial charge in [0, 0.05) is 5.56 Å². The second kappa shape index (κ2) is 11.9. The molecule has 0 spiro atoms. The number of carbonyl (C=O) groups excluding carboxylic acids is 2. The van der Waals surface area contributed by atoms with Crippen molar-refractivity contribution in [3.05, 3.63) is 125 Å². The third kappa shape index (κ3) is 5.78. The number of hydrogen-bond donors (Lipinski definition) is 1. The first kappa shape index (κ1) is 26.8. The van der Waals surface area contributed by atoms with Crippen LogP contribution in [0, 0.1) is 6.92 Å². The monoisotopic (exact) mass is 537 g/mol. The Hall–Kier alpha value is -4.78. The highest BCUT2D eigenvalue weighted by atomic mass is 16.5. The Labute approximate surface area is 233 Å². The topological polar surface area (TPSA) is 89.2 Å². The molecule has 4 aromatic rings. The van der Waals surface area contributed by atoms with Gasteiger partial charge in [0.2, 0.25) is 0 Å². The van der Waals surface area contributed by atoms with Crippen molar-refractivity contribution in [3.63, 3.8) is 0 Å². The van der Waals surface area contributed by atoms with Gasteiger partial charge in [0.1, 0.15) is 29.6 Å². The molecule has 5 rings (SSSR count). The van der Waals surface area contributed by atoms with Gasteiger partial charge in [-0.2, -0.15) is 0 Å². The average molecular weight is 538 g/mol. The second-order valence-corrected chi connectivity index (χ2v) is 9.73. The molecule has 2 heterocycles. The highest BCUT2D eigenvalue weighted by Gasteiger charge is 2.46. The SMILES string of the molecule is CCCOc1ccc(C2/C(=C(\O)c3ccc(OCc4cccc(C)c4)cc3)C(=O)C(=O)N2Cc2ccco2)cc1. The molecule has 1 fully saturated rings. The Kier molecular flexibility index (Phi) is 8.01. The number of aryl methyl sites for hydroxylation is 1. The normalized spacial score (nSPS) is 16.4. The number of ether oxygens (including phenoxy) is 2. The lowest BCUT2D eigenvalue weighted by Gasteiger charge is -2.24. The van der Waals surface area contributed by atoms with Gasteiger partial charge >= 0.3 is 0 Å². The maximum Gasteiger partial charge on any atom is 0.296 e. The zero-order chi connectivity index (χ0) is 28.1. The Balaban J connectivity index is 1.45. The van der Waals surface area contributed by atoms with Gasteiger partial charge in [-0.3, -0.25) is 9.59 Å². The number of aliphatic hydroxyl groups is 1. The summed E-state index contributed by atoms with van der Waals surface area (Å²) >= 11 is 0. The Morgan fingerprint density at radius 3 is 2.33 bits per heavy atom. The van der Waals surface area contributed by atoms with E-state index in [1.807, 2.05) is 44.2 Å². The molecule has 1 N–H and O–H groups in total. The zero-order valence-electron chi connectivity index (χ0n) is 22.5. The number of amides is 1. The van der Waals surface area contributed by atoms with Crippen LogP contribution in [0.3, 0.4) is 0 Å². The maximum absolute atomic E-state index is 13.3. The molecule has 0 aliphatic carbocycles. The van der Waals surface area contributed by atoms with E-state index in [4.69, 9.17) is 13.9 Å². The molecular formula is C33H31NO6. The van der Waals surface area contributed by atoms with E-state index in [-0.39, 0.29) is 17.9 Å². The largest absolute Gasteiger partial charge is 0.507 e. The van der Waals surface area contributed by atoms with E-state index in [1.54, 1.807) is 48.5 Å². The summed E-state index contributed by atoms with van der Waals surface area (Å²) in [6.07, 6.45) is 2.39. The van der Waals surface area contributed by atoms with Crippen molar-refractivity contribution in [2.24, 2.45) is 0 Å².